The first-order chi connectivity index (χ1) is 32.1. The Morgan fingerprint density at radius 2 is 0.864 bits per heavy atom. The second-order valence-corrected chi connectivity index (χ2v) is 18.4. The number of unbranched alkanes of at least 4 members (excludes halogenated alkanes) is 18. The number of esters is 2. The summed E-state index contributed by atoms with van der Waals surface area (Å²) in [6, 6.07) is 0. The number of aliphatic carboxylic acids is 1. The summed E-state index contributed by atoms with van der Waals surface area (Å²) in [7, 11) is 5.90. The van der Waals surface area contributed by atoms with E-state index in [-0.39, 0.29) is 38.6 Å². The lowest BCUT2D eigenvalue weighted by Crippen LogP contribution is -2.44. The van der Waals surface area contributed by atoms with E-state index in [1.807, 2.05) is 21.1 Å². The van der Waals surface area contributed by atoms with Crippen LogP contribution in [0.1, 0.15) is 200 Å². The summed E-state index contributed by atoms with van der Waals surface area (Å²) in [6.07, 6.45) is 59.2. The molecule has 9 nitrogen and oxygen atoms in total. The summed E-state index contributed by atoms with van der Waals surface area (Å²) >= 11 is 0. The van der Waals surface area contributed by atoms with E-state index in [1.165, 1.54) is 64.2 Å². The fourth-order valence-corrected chi connectivity index (χ4v) is 6.83. The van der Waals surface area contributed by atoms with E-state index < -0.39 is 24.3 Å². The number of allylic oxidation sites excluding steroid dienone is 14. The molecule has 2 unspecified atom stereocenters. The zero-order valence-corrected chi connectivity index (χ0v) is 42.8. The molecule has 0 fully saturated rings. The first-order valence-corrected chi connectivity index (χ1v) is 26.2. The number of carboxylic acid groups (broad SMARTS) is 1. The minimum absolute atomic E-state index is 0.143. The Kier molecular flexibility index (Phi) is 45.4. The first-order valence-electron chi connectivity index (χ1n) is 26.2. The van der Waals surface area contributed by atoms with Crippen molar-refractivity contribution in [2.45, 2.75) is 212 Å². The molecule has 2 atom stereocenters. The van der Waals surface area contributed by atoms with Gasteiger partial charge in [-0.05, 0) is 83.5 Å². The molecule has 0 bridgehead atoms. The molecule has 0 saturated carbocycles. The van der Waals surface area contributed by atoms with Gasteiger partial charge in [0.05, 0.1) is 40.3 Å². The summed E-state index contributed by atoms with van der Waals surface area (Å²) in [5.41, 5.74) is 0. The van der Waals surface area contributed by atoms with Gasteiger partial charge in [-0.1, -0.05) is 189 Å². The Labute approximate surface area is 404 Å². The summed E-state index contributed by atoms with van der Waals surface area (Å²) in [5, 5.41) is 11.7. The minimum atomic E-state index is -1.62. The van der Waals surface area contributed by atoms with Crippen LogP contribution in [0.4, 0.5) is 0 Å². The third-order valence-corrected chi connectivity index (χ3v) is 10.9. The van der Waals surface area contributed by atoms with Gasteiger partial charge in [0.1, 0.15) is 13.2 Å². The maximum absolute atomic E-state index is 12.8. The van der Waals surface area contributed by atoms with Crippen molar-refractivity contribution in [1.29, 1.82) is 0 Å². The van der Waals surface area contributed by atoms with Gasteiger partial charge in [0.25, 0.3) is 0 Å². The van der Waals surface area contributed by atoms with Crippen molar-refractivity contribution in [3.63, 3.8) is 0 Å². The maximum atomic E-state index is 12.8. The number of carboxylic acids is 1. The molecule has 0 aromatic carbocycles. The monoisotopic (exact) mass is 924 g/mol. The molecule has 0 aromatic rings. The van der Waals surface area contributed by atoms with Crippen LogP contribution in [-0.4, -0.2) is 82.3 Å². The molecule has 66 heavy (non-hydrogen) atoms. The third kappa shape index (κ3) is 48.4. The molecule has 9 heteroatoms. The highest BCUT2D eigenvalue weighted by Crippen LogP contribution is 2.15. The Bertz CT molecular complexity index is 1350. The summed E-state index contributed by atoms with van der Waals surface area (Å²) < 4.78 is 22.6. The van der Waals surface area contributed by atoms with E-state index in [0.717, 1.165) is 103 Å². The fourth-order valence-electron chi connectivity index (χ4n) is 6.83. The van der Waals surface area contributed by atoms with Crippen LogP contribution in [0.15, 0.2) is 85.1 Å². The van der Waals surface area contributed by atoms with Crippen LogP contribution in [0.2, 0.25) is 0 Å². The molecule has 0 aromatic heterocycles. The Hall–Kier alpha value is -3.53. The SMILES string of the molecule is CC/C=C\C/C=C\C/C=C\C/C=C\C/C=C\C/C=C\CCCCCCCCCCCCCCC(=O)OC(COC(=O)CCCCCCC/C=C\CCC)COC(OCC[N+](C)(C)C)C(=O)[O-]. The van der Waals surface area contributed by atoms with Gasteiger partial charge in [-0.2, -0.15) is 0 Å². The maximum Gasteiger partial charge on any atom is 0.306 e. The molecule has 0 aliphatic carbocycles. The predicted octanol–water partition coefficient (Wildman–Crippen LogP) is 13.5. The number of hydrogen-bond donors (Lipinski definition) is 0. The summed E-state index contributed by atoms with van der Waals surface area (Å²) in [4.78, 5) is 37.0. The summed E-state index contributed by atoms with van der Waals surface area (Å²) in [6.45, 7) is 4.54. The van der Waals surface area contributed by atoms with Gasteiger partial charge in [-0.25, -0.2) is 0 Å². The molecule has 0 rings (SSSR count). The normalized spacial score (nSPS) is 13.5. The van der Waals surface area contributed by atoms with Gasteiger partial charge >= 0.3 is 11.9 Å². The molecule has 0 amide bonds. The third-order valence-electron chi connectivity index (χ3n) is 10.9. The van der Waals surface area contributed by atoms with E-state index in [2.05, 4.69) is 98.9 Å². The van der Waals surface area contributed by atoms with Gasteiger partial charge in [0.2, 0.25) is 0 Å². The van der Waals surface area contributed by atoms with Crippen LogP contribution in [-0.2, 0) is 33.3 Å². The van der Waals surface area contributed by atoms with Gasteiger partial charge in [0.15, 0.2) is 12.4 Å². The Morgan fingerprint density at radius 1 is 0.470 bits per heavy atom. The highest BCUT2D eigenvalue weighted by atomic mass is 16.7. The van der Waals surface area contributed by atoms with Crippen molar-refractivity contribution in [3.05, 3.63) is 85.1 Å². The molecule has 0 N–H and O–H groups in total. The van der Waals surface area contributed by atoms with Gasteiger partial charge in [-0.3, -0.25) is 9.59 Å². The van der Waals surface area contributed by atoms with E-state index in [9.17, 15) is 19.5 Å². The summed E-state index contributed by atoms with van der Waals surface area (Å²) in [5.74, 6) is -2.31. The molecule has 378 valence electrons. The molecule has 0 spiro atoms. The Morgan fingerprint density at radius 3 is 1.30 bits per heavy atom. The van der Waals surface area contributed by atoms with Crippen molar-refractivity contribution in [1.82, 2.24) is 0 Å². The fraction of sp³-hybridized carbons (Fsp3) is 0.702. The minimum Gasteiger partial charge on any atom is -0.545 e. The van der Waals surface area contributed by atoms with Crippen LogP contribution in [0.5, 0.6) is 0 Å². The average molecular weight is 924 g/mol. The molecular weight excluding hydrogens is 827 g/mol. The largest absolute Gasteiger partial charge is 0.545 e. The second-order valence-electron chi connectivity index (χ2n) is 18.4. The number of carbonyl (C=O) groups is 3. The van der Waals surface area contributed by atoms with Gasteiger partial charge < -0.3 is 33.3 Å². The van der Waals surface area contributed by atoms with Gasteiger partial charge in [-0.15, -0.1) is 0 Å². The number of ether oxygens (including phenoxy) is 4. The topological polar surface area (TPSA) is 111 Å². The number of nitrogens with zero attached hydrogens (tertiary/aromatic N) is 1. The molecule has 0 heterocycles. The number of rotatable bonds is 47. The van der Waals surface area contributed by atoms with Crippen LogP contribution in [0.25, 0.3) is 0 Å². The lowest BCUT2D eigenvalue weighted by molar-refractivity contribution is -0.870. The van der Waals surface area contributed by atoms with Crippen molar-refractivity contribution in [2.24, 2.45) is 0 Å². The zero-order chi connectivity index (χ0) is 48.4. The quantitative estimate of drug-likeness (QED) is 0.0195. The molecular formula is C57H97NO8. The standard InChI is InChI=1S/C57H97NO8/c1-6-8-10-12-14-16-18-19-20-21-22-23-24-25-26-27-28-29-30-31-32-33-34-35-36-37-38-40-42-44-46-48-55(60)66-53(52-65-57(56(61)62)63-50-49-58(3,4)5)51-64-54(59)47-45-43-41-39-17-15-13-11-9-7-2/h8,10-11,13-14,16,19-20,22-23,25-26,28-29,53,57H,6-7,9,12,15,17-18,21,24,27,30-52H2,1-5H3/b10-8-,13-11-,16-14-,20-19-,23-22-,26-25-,29-28-. The molecule has 0 saturated heterocycles. The van der Waals surface area contributed by atoms with Gasteiger partial charge in [0, 0.05) is 12.8 Å². The van der Waals surface area contributed by atoms with Crippen molar-refractivity contribution < 1.29 is 42.9 Å². The smallest absolute Gasteiger partial charge is 0.306 e. The lowest BCUT2D eigenvalue weighted by atomic mass is 10.0. The molecule has 0 radical (unpaired) electrons. The van der Waals surface area contributed by atoms with Crippen molar-refractivity contribution in [2.75, 3.05) is 47.5 Å². The number of hydrogen-bond acceptors (Lipinski definition) is 8. The first kappa shape index (κ1) is 62.5. The highest BCUT2D eigenvalue weighted by molar-refractivity contribution is 5.70. The Balaban J connectivity index is 4.17. The van der Waals surface area contributed by atoms with Crippen LogP contribution >= 0.6 is 0 Å². The molecule has 0 aliphatic rings. The van der Waals surface area contributed by atoms with Crippen LogP contribution < -0.4 is 5.11 Å². The number of quaternary nitrogens is 1. The molecule has 0 aliphatic heterocycles. The second kappa shape index (κ2) is 47.9. The van der Waals surface area contributed by atoms with E-state index in [4.69, 9.17) is 18.9 Å². The van der Waals surface area contributed by atoms with Crippen molar-refractivity contribution in [3.8, 4) is 0 Å². The average Bonchev–Trinajstić information content (AvgIpc) is 3.28. The van der Waals surface area contributed by atoms with E-state index in [1.54, 1.807) is 0 Å². The number of likely N-dealkylation sites (N-methyl/N-ethyl adjacent to an activating group) is 1. The predicted molar refractivity (Wildman–Crippen MR) is 274 cm³/mol. The van der Waals surface area contributed by atoms with E-state index >= 15 is 0 Å². The van der Waals surface area contributed by atoms with Crippen LogP contribution in [0.3, 0.4) is 0 Å². The highest BCUT2D eigenvalue weighted by Gasteiger charge is 2.22. The number of carbonyl (C=O) groups excluding carboxylic acids is 3. The van der Waals surface area contributed by atoms with E-state index in [0.29, 0.717) is 17.4 Å². The zero-order valence-electron chi connectivity index (χ0n) is 42.8. The lowest BCUT2D eigenvalue weighted by Gasteiger charge is -2.26. The van der Waals surface area contributed by atoms with Crippen LogP contribution in [0, 0.1) is 0 Å². The van der Waals surface area contributed by atoms with Crippen molar-refractivity contribution >= 4 is 17.9 Å².